The summed E-state index contributed by atoms with van der Waals surface area (Å²) in [6.07, 6.45) is -0.134. The molecule has 2 amide bonds. The minimum atomic E-state index is -3.72. The molecule has 2 aromatic carbocycles. The van der Waals surface area contributed by atoms with Gasteiger partial charge in [-0.25, -0.2) is 13.1 Å². The number of rotatable bonds is 6. The summed E-state index contributed by atoms with van der Waals surface area (Å²) in [5, 5.41) is 0.492. The zero-order chi connectivity index (χ0) is 20.0. The van der Waals surface area contributed by atoms with Crippen molar-refractivity contribution in [2.45, 2.75) is 25.2 Å². The lowest BCUT2D eigenvalue weighted by molar-refractivity contribution is -0.121. The number of sulfonamides is 1. The molecule has 0 unspecified atom stereocenters. The summed E-state index contributed by atoms with van der Waals surface area (Å²) < 4.78 is 27.1. The molecule has 0 radical (unpaired) electrons. The minimum absolute atomic E-state index is 0.0988. The number of carbonyl (C=O) groups is 2. The Kier molecular flexibility index (Phi) is 6.95. The van der Waals surface area contributed by atoms with E-state index < -0.39 is 21.8 Å². The number of amides is 2. The average molecular weight is 410 g/mol. The summed E-state index contributed by atoms with van der Waals surface area (Å²) in [5.74, 6) is -1.03. The molecule has 0 saturated carbocycles. The Morgan fingerprint density at radius 2 is 1.67 bits per heavy atom. The summed E-state index contributed by atoms with van der Waals surface area (Å²) in [4.78, 5) is 23.8. The molecule has 0 aliphatic carbocycles. The number of halogens is 1. The van der Waals surface area contributed by atoms with Crippen molar-refractivity contribution < 1.29 is 18.0 Å². The SMILES string of the molecule is Cc1ccc(C)c(S(=O)(=O)NCCC(=O)NNC(=O)c2ccc(Cl)cc2)c1. The molecule has 0 aromatic heterocycles. The molecular weight excluding hydrogens is 390 g/mol. The van der Waals surface area contributed by atoms with Crippen molar-refractivity contribution in [2.24, 2.45) is 0 Å². The van der Waals surface area contributed by atoms with Gasteiger partial charge in [0.1, 0.15) is 0 Å². The van der Waals surface area contributed by atoms with Crippen LogP contribution < -0.4 is 15.6 Å². The molecule has 3 N–H and O–H groups in total. The second kappa shape index (κ2) is 8.98. The number of hydrogen-bond donors (Lipinski definition) is 3. The van der Waals surface area contributed by atoms with E-state index in [0.29, 0.717) is 16.1 Å². The summed E-state index contributed by atoms with van der Waals surface area (Å²) in [7, 11) is -3.72. The van der Waals surface area contributed by atoms with Gasteiger partial charge < -0.3 is 0 Å². The molecule has 0 atom stereocenters. The van der Waals surface area contributed by atoms with Crippen LogP contribution in [-0.2, 0) is 14.8 Å². The van der Waals surface area contributed by atoms with E-state index in [1.165, 1.54) is 12.1 Å². The molecule has 7 nitrogen and oxygen atoms in total. The van der Waals surface area contributed by atoms with E-state index >= 15 is 0 Å². The quantitative estimate of drug-likeness (QED) is 0.635. The van der Waals surface area contributed by atoms with Crippen molar-refractivity contribution in [2.75, 3.05) is 6.54 Å². The summed E-state index contributed by atoms with van der Waals surface area (Å²) >= 11 is 5.74. The minimum Gasteiger partial charge on any atom is -0.273 e. The Balaban J connectivity index is 1.82. The molecule has 27 heavy (non-hydrogen) atoms. The lowest BCUT2D eigenvalue weighted by atomic mass is 10.2. The molecule has 0 aliphatic heterocycles. The molecule has 0 heterocycles. The van der Waals surface area contributed by atoms with Gasteiger partial charge in [0.25, 0.3) is 5.91 Å². The number of aryl methyl sites for hydroxylation is 2. The molecule has 0 fully saturated rings. The van der Waals surface area contributed by atoms with Gasteiger partial charge in [0.15, 0.2) is 0 Å². The third-order valence-electron chi connectivity index (χ3n) is 3.70. The van der Waals surface area contributed by atoms with Crippen LogP contribution in [0.4, 0.5) is 0 Å². The van der Waals surface area contributed by atoms with Gasteiger partial charge in [-0.15, -0.1) is 0 Å². The van der Waals surface area contributed by atoms with Crippen molar-refractivity contribution in [1.82, 2.24) is 15.6 Å². The maximum atomic E-state index is 12.3. The van der Waals surface area contributed by atoms with Crippen LogP contribution in [0.5, 0.6) is 0 Å². The lowest BCUT2D eigenvalue weighted by Crippen LogP contribution is -2.42. The monoisotopic (exact) mass is 409 g/mol. The van der Waals surface area contributed by atoms with E-state index in [1.807, 2.05) is 6.07 Å². The van der Waals surface area contributed by atoms with Gasteiger partial charge >= 0.3 is 0 Å². The van der Waals surface area contributed by atoms with Gasteiger partial charge in [-0.05, 0) is 55.3 Å². The van der Waals surface area contributed by atoms with E-state index in [1.54, 1.807) is 38.1 Å². The van der Waals surface area contributed by atoms with Crippen LogP contribution >= 0.6 is 11.6 Å². The molecular formula is C18H20ClN3O4S. The summed E-state index contributed by atoms with van der Waals surface area (Å²) in [6, 6.07) is 11.3. The number of carbonyl (C=O) groups excluding carboxylic acids is 2. The predicted octanol–water partition coefficient (Wildman–Crippen LogP) is 2.09. The third kappa shape index (κ3) is 6.06. The first-order valence-electron chi connectivity index (χ1n) is 8.11. The van der Waals surface area contributed by atoms with Crippen LogP contribution in [0.3, 0.4) is 0 Å². The fourth-order valence-corrected chi connectivity index (χ4v) is 3.72. The molecule has 2 rings (SSSR count). The smallest absolute Gasteiger partial charge is 0.269 e. The lowest BCUT2D eigenvalue weighted by Gasteiger charge is -2.11. The van der Waals surface area contributed by atoms with Crippen LogP contribution in [0, 0.1) is 13.8 Å². The highest BCUT2D eigenvalue weighted by Crippen LogP contribution is 2.16. The molecule has 0 aliphatic rings. The van der Waals surface area contributed by atoms with E-state index in [2.05, 4.69) is 15.6 Å². The summed E-state index contributed by atoms with van der Waals surface area (Å²) in [5.41, 5.74) is 6.26. The maximum Gasteiger partial charge on any atom is 0.269 e. The van der Waals surface area contributed by atoms with Gasteiger partial charge in [-0.3, -0.25) is 20.4 Å². The van der Waals surface area contributed by atoms with Gasteiger partial charge in [-0.2, -0.15) is 0 Å². The van der Waals surface area contributed by atoms with Crippen molar-refractivity contribution in [3.05, 3.63) is 64.2 Å². The normalized spacial score (nSPS) is 11.1. The number of benzene rings is 2. The Morgan fingerprint density at radius 1 is 1.00 bits per heavy atom. The van der Waals surface area contributed by atoms with E-state index in [9.17, 15) is 18.0 Å². The van der Waals surface area contributed by atoms with Crippen molar-refractivity contribution >= 4 is 33.4 Å². The predicted molar refractivity (Wildman–Crippen MR) is 103 cm³/mol. The Bertz CT molecular complexity index is 944. The van der Waals surface area contributed by atoms with Crippen molar-refractivity contribution in [1.29, 1.82) is 0 Å². The Labute approximate surface area is 163 Å². The van der Waals surface area contributed by atoms with E-state index in [0.717, 1.165) is 5.56 Å². The maximum absolute atomic E-state index is 12.3. The highest BCUT2D eigenvalue weighted by atomic mass is 35.5. The topological polar surface area (TPSA) is 104 Å². The standard InChI is InChI=1S/C18H20ClN3O4S/c1-12-3-4-13(2)16(11-12)27(25,26)20-10-9-17(23)21-22-18(24)14-5-7-15(19)8-6-14/h3-8,11,20H,9-10H2,1-2H3,(H,21,23)(H,22,24). The zero-order valence-corrected chi connectivity index (χ0v) is 16.4. The zero-order valence-electron chi connectivity index (χ0n) is 14.9. The molecule has 0 saturated heterocycles. The second-order valence-electron chi connectivity index (χ2n) is 5.93. The van der Waals surface area contributed by atoms with Gasteiger partial charge in [0.2, 0.25) is 15.9 Å². The number of hydrazine groups is 1. The van der Waals surface area contributed by atoms with Crippen LogP contribution in [-0.4, -0.2) is 26.8 Å². The highest BCUT2D eigenvalue weighted by Gasteiger charge is 2.17. The Morgan fingerprint density at radius 3 is 2.33 bits per heavy atom. The van der Waals surface area contributed by atoms with E-state index in [-0.39, 0.29) is 17.9 Å². The van der Waals surface area contributed by atoms with Crippen LogP contribution in [0.1, 0.15) is 27.9 Å². The first-order chi connectivity index (χ1) is 12.7. The van der Waals surface area contributed by atoms with Crippen LogP contribution in [0.25, 0.3) is 0 Å². The van der Waals surface area contributed by atoms with E-state index in [4.69, 9.17) is 11.6 Å². The molecule has 0 bridgehead atoms. The highest BCUT2D eigenvalue weighted by molar-refractivity contribution is 7.89. The van der Waals surface area contributed by atoms with Gasteiger partial charge in [0, 0.05) is 23.6 Å². The van der Waals surface area contributed by atoms with Crippen LogP contribution in [0.15, 0.2) is 47.4 Å². The molecule has 0 spiro atoms. The first kappa shape index (κ1) is 20.9. The third-order valence-corrected chi connectivity index (χ3v) is 5.55. The van der Waals surface area contributed by atoms with Gasteiger partial charge in [-0.1, -0.05) is 23.7 Å². The van der Waals surface area contributed by atoms with Gasteiger partial charge in [0.05, 0.1) is 4.90 Å². The fourth-order valence-electron chi connectivity index (χ4n) is 2.24. The fraction of sp³-hybridized carbons (Fsp3) is 0.222. The molecule has 9 heteroatoms. The summed E-state index contributed by atoms with van der Waals surface area (Å²) in [6.45, 7) is 3.40. The molecule has 144 valence electrons. The first-order valence-corrected chi connectivity index (χ1v) is 9.97. The van der Waals surface area contributed by atoms with Crippen molar-refractivity contribution in [3.63, 3.8) is 0 Å². The average Bonchev–Trinajstić information content (AvgIpc) is 2.62. The largest absolute Gasteiger partial charge is 0.273 e. The Hall–Kier alpha value is -2.42. The van der Waals surface area contributed by atoms with Crippen LogP contribution in [0.2, 0.25) is 5.02 Å². The second-order valence-corrected chi connectivity index (χ2v) is 8.10. The molecule has 2 aromatic rings. The van der Waals surface area contributed by atoms with Crippen molar-refractivity contribution in [3.8, 4) is 0 Å². The number of nitrogens with one attached hydrogen (secondary N) is 3. The number of hydrogen-bond acceptors (Lipinski definition) is 4.